The minimum absolute atomic E-state index is 0.188. The van der Waals surface area contributed by atoms with Gasteiger partial charge in [-0.3, -0.25) is 4.68 Å². The predicted octanol–water partition coefficient (Wildman–Crippen LogP) is 3.05. The van der Waals surface area contributed by atoms with E-state index in [2.05, 4.69) is 12.0 Å². The van der Waals surface area contributed by atoms with E-state index in [9.17, 15) is 9.90 Å². The van der Waals surface area contributed by atoms with Gasteiger partial charge in [-0.15, -0.1) is 0 Å². The summed E-state index contributed by atoms with van der Waals surface area (Å²) in [7, 11) is 0. The zero-order valence-electron chi connectivity index (χ0n) is 12.6. The van der Waals surface area contributed by atoms with Crippen LogP contribution in [0, 0.1) is 6.92 Å². The number of ether oxygens (including phenoxy) is 1. The molecule has 0 unspecified atom stereocenters. The van der Waals surface area contributed by atoms with Crippen LogP contribution in [0.25, 0.3) is 0 Å². The second kappa shape index (κ2) is 6.43. The molecule has 1 N–H and O–H groups in total. The Morgan fingerprint density at radius 1 is 1.33 bits per heavy atom. The first-order valence-electron chi connectivity index (χ1n) is 7.07. The Morgan fingerprint density at radius 2 is 2.10 bits per heavy atom. The summed E-state index contributed by atoms with van der Waals surface area (Å²) in [5.41, 5.74) is 3.05. The van der Waals surface area contributed by atoms with Gasteiger partial charge in [-0.25, -0.2) is 4.79 Å². The molecule has 0 saturated heterocycles. The monoisotopic (exact) mass is 288 g/mol. The zero-order chi connectivity index (χ0) is 15.4. The van der Waals surface area contributed by atoms with E-state index in [0.29, 0.717) is 12.4 Å². The fourth-order valence-corrected chi connectivity index (χ4v) is 2.17. The highest BCUT2D eigenvalue weighted by molar-refractivity contribution is 5.91. The zero-order valence-corrected chi connectivity index (χ0v) is 12.6. The fraction of sp³-hybridized carbons (Fsp3) is 0.375. The maximum Gasteiger partial charge on any atom is 0.339 e. The van der Waals surface area contributed by atoms with Crippen LogP contribution in [-0.2, 0) is 19.6 Å². The molecule has 1 aromatic carbocycles. The third-order valence-electron chi connectivity index (χ3n) is 3.32. The normalized spacial score (nSPS) is 10.6. The van der Waals surface area contributed by atoms with Crippen molar-refractivity contribution in [3.63, 3.8) is 0 Å². The fourth-order valence-electron chi connectivity index (χ4n) is 2.17. The maximum absolute atomic E-state index is 11.3. The Morgan fingerprint density at radius 3 is 2.71 bits per heavy atom. The van der Waals surface area contributed by atoms with Crippen molar-refractivity contribution in [3.05, 3.63) is 46.8 Å². The van der Waals surface area contributed by atoms with Crippen molar-refractivity contribution < 1.29 is 14.6 Å². The van der Waals surface area contributed by atoms with Crippen LogP contribution in [0.4, 0.5) is 0 Å². The Labute approximate surface area is 124 Å². The lowest BCUT2D eigenvalue weighted by Gasteiger charge is -2.10. The molecule has 0 aliphatic heterocycles. The van der Waals surface area contributed by atoms with E-state index in [1.807, 2.05) is 30.7 Å². The molecule has 0 fully saturated rings. The molecular weight excluding hydrogens is 268 g/mol. The van der Waals surface area contributed by atoms with Crippen LogP contribution in [0.2, 0.25) is 0 Å². The smallest absolute Gasteiger partial charge is 0.339 e. The van der Waals surface area contributed by atoms with E-state index in [4.69, 9.17) is 4.74 Å². The number of carboxylic acids is 1. The highest BCUT2D eigenvalue weighted by Crippen LogP contribution is 2.21. The number of carbonyl (C=O) groups is 1. The van der Waals surface area contributed by atoms with Gasteiger partial charge in [-0.1, -0.05) is 18.6 Å². The number of aromatic nitrogens is 2. The van der Waals surface area contributed by atoms with E-state index >= 15 is 0 Å². The molecular formula is C16H20N2O3. The van der Waals surface area contributed by atoms with Crippen molar-refractivity contribution in [2.45, 2.75) is 40.3 Å². The lowest BCUT2D eigenvalue weighted by atomic mass is 10.1. The number of nitrogens with zero attached hydrogens (tertiary/aromatic N) is 2. The summed E-state index contributed by atoms with van der Waals surface area (Å²) in [6.07, 6.45) is 0.866. The quantitative estimate of drug-likeness (QED) is 0.887. The van der Waals surface area contributed by atoms with Crippen LogP contribution in [0.3, 0.4) is 0 Å². The van der Waals surface area contributed by atoms with E-state index < -0.39 is 5.97 Å². The molecule has 5 heteroatoms. The molecule has 0 bridgehead atoms. The van der Waals surface area contributed by atoms with Gasteiger partial charge in [0.05, 0.1) is 11.4 Å². The summed E-state index contributed by atoms with van der Waals surface area (Å²) < 4.78 is 7.58. The molecule has 0 spiro atoms. The highest BCUT2D eigenvalue weighted by atomic mass is 16.5. The second-order valence-electron chi connectivity index (χ2n) is 4.89. The van der Waals surface area contributed by atoms with Gasteiger partial charge in [0.1, 0.15) is 17.9 Å². The van der Waals surface area contributed by atoms with Crippen LogP contribution in [0.5, 0.6) is 5.75 Å². The Hall–Kier alpha value is -2.30. The van der Waals surface area contributed by atoms with Crippen LogP contribution in [-0.4, -0.2) is 20.9 Å². The summed E-state index contributed by atoms with van der Waals surface area (Å²) in [6.45, 7) is 7.00. The van der Waals surface area contributed by atoms with Crippen molar-refractivity contribution in [2.75, 3.05) is 0 Å². The number of benzene rings is 1. The average molecular weight is 288 g/mol. The van der Waals surface area contributed by atoms with Gasteiger partial charge in [0.2, 0.25) is 0 Å². The molecule has 5 nitrogen and oxygen atoms in total. The highest BCUT2D eigenvalue weighted by Gasteiger charge is 2.13. The van der Waals surface area contributed by atoms with Crippen LogP contribution in [0.15, 0.2) is 24.3 Å². The maximum atomic E-state index is 11.3. The van der Waals surface area contributed by atoms with Crippen molar-refractivity contribution in [3.8, 4) is 5.75 Å². The van der Waals surface area contributed by atoms with E-state index in [1.54, 1.807) is 12.1 Å². The third kappa shape index (κ3) is 3.42. The number of aromatic carboxylic acids is 1. The Kier molecular flexibility index (Phi) is 4.62. The van der Waals surface area contributed by atoms with Crippen molar-refractivity contribution >= 4 is 5.97 Å². The van der Waals surface area contributed by atoms with Gasteiger partial charge < -0.3 is 9.84 Å². The molecule has 0 amide bonds. The molecule has 1 heterocycles. The topological polar surface area (TPSA) is 64.3 Å². The molecule has 21 heavy (non-hydrogen) atoms. The van der Waals surface area contributed by atoms with Gasteiger partial charge in [-0.2, -0.15) is 5.10 Å². The number of rotatable bonds is 6. The first-order valence-corrected chi connectivity index (χ1v) is 7.07. The number of hydrogen-bond acceptors (Lipinski definition) is 3. The van der Waals surface area contributed by atoms with Crippen LogP contribution < -0.4 is 4.74 Å². The molecule has 112 valence electrons. The summed E-state index contributed by atoms with van der Waals surface area (Å²) in [5, 5.41) is 13.7. The first kappa shape index (κ1) is 15.1. The lowest BCUT2D eigenvalue weighted by Crippen LogP contribution is -2.08. The van der Waals surface area contributed by atoms with Gasteiger partial charge in [-0.05, 0) is 38.5 Å². The van der Waals surface area contributed by atoms with Gasteiger partial charge in [0.15, 0.2) is 0 Å². The van der Waals surface area contributed by atoms with Gasteiger partial charge >= 0.3 is 5.97 Å². The molecule has 0 aliphatic carbocycles. The minimum Gasteiger partial charge on any atom is -0.486 e. The van der Waals surface area contributed by atoms with E-state index in [0.717, 1.165) is 29.9 Å². The van der Waals surface area contributed by atoms with Crippen molar-refractivity contribution in [2.24, 2.45) is 0 Å². The third-order valence-corrected chi connectivity index (χ3v) is 3.32. The molecule has 0 aliphatic rings. The van der Waals surface area contributed by atoms with E-state index in [1.165, 1.54) is 0 Å². The predicted molar refractivity (Wildman–Crippen MR) is 79.7 cm³/mol. The minimum atomic E-state index is -0.980. The van der Waals surface area contributed by atoms with Crippen LogP contribution >= 0.6 is 0 Å². The van der Waals surface area contributed by atoms with Crippen molar-refractivity contribution in [1.82, 2.24) is 9.78 Å². The first-order chi connectivity index (χ1) is 10.0. The summed E-state index contributed by atoms with van der Waals surface area (Å²) in [6, 6.07) is 7.16. The number of hydrogen-bond donors (Lipinski definition) is 1. The van der Waals surface area contributed by atoms with Gasteiger partial charge in [0.25, 0.3) is 0 Å². The largest absolute Gasteiger partial charge is 0.486 e. The Bertz CT molecular complexity index is 647. The molecule has 0 saturated carbocycles. The summed E-state index contributed by atoms with van der Waals surface area (Å²) in [4.78, 5) is 11.3. The second-order valence-corrected chi connectivity index (χ2v) is 4.89. The Balaban J connectivity index is 2.20. The standard InChI is InChI=1S/C16H20N2O3/c1-4-12-9-13(18(5-2)17-12)10-21-15-7-6-11(3)8-14(15)16(19)20/h6-9H,4-5,10H2,1-3H3,(H,19,20). The molecule has 1 aromatic heterocycles. The summed E-state index contributed by atoms with van der Waals surface area (Å²) >= 11 is 0. The van der Waals surface area contributed by atoms with Gasteiger partial charge in [0, 0.05) is 6.54 Å². The molecule has 2 rings (SSSR count). The molecule has 2 aromatic rings. The number of carboxylic acid groups (broad SMARTS) is 1. The molecule has 0 radical (unpaired) electrons. The average Bonchev–Trinajstić information content (AvgIpc) is 2.88. The van der Waals surface area contributed by atoms with Crippen molar-refractivity contribution in [1.29, 1.82) is 0 Å². The SMILES string of the molecule is CCc1cc(COc2ccc(C)cc2C(=O)O)n(CC)n1. The lowest BCUT2D eigenvalue weighted by molar-refractivity contribution is 0.0691. The van der Waals surface area contributed by atoms with E-state index in [-0.39, 0.29) is 5.56 Å². The van der Waals surface area contributed by atoms with Crippen LogP contribution in [0.1, 0.15) is 41.2 Å². The number of aryl methyl sites for hydroxylation is 3. The molecule has 0 atom stereocenters. The summed E-state index contributed by atoms with van der Waals surface area (Å²) in [5.74, 6) is -0.595.